The van der Waals surface area contributed by atoms with E-state index in [4.69, 9.17) is 18.9 Å². The number of aliphatic hydroxyl groups excluding tert-OH is 8. The predicted octanol–water partition coefficient (Wildman–Crippen LogP) is 16.8. The smallest absolute Gasteiger partial charge is 0.220 e. The summed E-state index contributed by atoms with van der Waals surface area (Å²) in [5, 5.41) is 87.6. The summed E-state index contributed by atoms with van der Waals surface area (Å²) in [4.78, 5) is 13.4. The van der Waals surface area contributed by atoms with Crippen molar-refractivity contribution < 1.29 is 64.6 Å². The molecule has 0 aromatic rings. The highest BCUT2D eigenvalue weighted by Gasteiger charge is 2.51. The van der Waals surface area contributed by atoms with Gasteiger partial charge in [0, 0.05) is 6.42 Å². The van der Waals surface area contributed by atoms with Gasteiger partial charge in [0.25, 0.3) is 0 Å². The summed E-state index contributed by atoms with van der Waals surface area (Å²) in [6, 6.07) is -0.937. The van der Waals surface area contributed by atoms with Crippen LogP contribution in [0.4, 0.5) is 0 Å². The maximum atomic E-state index is 13.4. The average molecular weight is 1330 g/mol. The summed E-state index contributed by atoms with van der Waals surface area (Å²) in [5.41, 5.74) is 0. The van der Waals surface area contributed by atoms with Gasteiger partial charge in [-0.05, 0) is 89.9 Å². The van der Waals surface area contributed by atoms with Crippen LogP contribution in [0.15, 0.2) is 122 Å². The Morgan fingerprint density at radius 3 is 1.12 bits per heavy atom. The van der Waals surface area contributed by atoms with Crippen molar-refractivity contribution in [3.05, 3.63) is 122 Å². The molecule has 95 heavy (non-hydrogen) atoms. The van der Waals surface area contributed by atoms with Crippen LogP contribution in [0.5, 0.6) is 0 Å². The highest BCUT2D eigenvalue weighted by molar-refractivity contribution is 5.76. The molecule has 546 valence electrons. The molecule has 9 N–H and O–H groups in total. The van der Waals surface area contributed by atoms with Crippen LogP contribution in [0, 0.1) is 0 Å². The van der Waals surface area contributed by atoms with E-state index < -0.39 is 86.8 Å². The number of carbonyl (C=O) groups excluding carboxylic acids is 1. The number of allylic oxidation sites excluding steroid dienone is 19. The van der Waals surface area contributed by atoms with E-state index in [-0.39, 0.29) is 18.9 Å². The molecule has 12 atom stereocenters. The molecule has 2 heterocycles. The van der Waals surface area contributed by atoms with Crippen molar-refractivity contribution in [2.45, 2.75) is 364 Å². The molecule has 1 amide bonds. The number of unbranched alkanes of at least 4 members (excludes halogenated alkanes) is 31. The third kappa shape index (κ3) is 47.1. The van der Waals surface area contributed by atoms with E-state index in [1.54, 1.807) is 6.08 Å². The van der Waals surface area contributed by atoms with E-state index in [0.717, 1.165) is 109 Å². The van der Waals surface area contributed by atoms with E-state index in [9.17, 15) is 45.6 Å². The maximum Gasteiger partial charge on any atom is 0.220 e. The number of nitrogens with one attached hydrogen (secondary N) is 1. The molecule has 0 aliphatic carbocycles. The molecule has 12 unspecified atom stereocenters. The summed E-state index contributed by atoms with van der Waals surface area (Å²) < 4.78 is 22.9. The predicted molar refractivity (Wildman–Crippen MR) is 392 cm³/mol. The van der Waals surface area contributed by atoms with E-state index >= 15 is 0 Å². The van der Waals surface area contributed by atoms with Crippen LogP contribution in [0.3, 0.4) is 0 Å². The second-order valence-electron chi connectivity index (χ2n) is 26.4. The van der Waals surface area contributed by atoms with Crippen LogP contribution >= 0.6 is 0 Å². The first kappa shape index (κ1) is 87.5. The quantitative estimate of drug-likeness (QED) is 0.0204. The number of hydrogen-bond donors (Lipinski definition) is 9. The molecule has 14 nitrogen and oxygen atoms in total. The van der Waals surface area contributed by atoms with Gasteiger partial charge < -0.3 is 65.1 Å². The lowest BCUT2D eigenvalue weighted by atomic mass is 9.97. The van der Waals surface area contributed by atoms with E-state index in [1.807, 2.05) is 6.08 Å². The van der Waals surface area contributed by atoms with Crippen LogP contribution in [-0.4, -0.2) is 140 Å². The average Bonchev–Trinajstić information content (AvgIpc) is 0.801. The van der Waals surface area contributed by atoms with E-state index in [2.05, 4.69) is 129 Å². The van der Waals surface area contributed by atoms with Gasteiger partial charge in [-0.2, -0.15) is 0 Å². The van der Waals surface area contributed by atoms with Gasteiger partial charge in [0.2, 0.25) is 5.91 Å². The molecular formula is C81H139NO13. The summed E-state index contributed by atoms with van der Waals surface area (Å²) in [7, 11) is 0. The Balaban J connectivity index is 1.68. The zero-order valence-corrected chi connectivity index (χ0v) is 59.6. The molecule has 2 aliphatic rings. The molecule has 14 heteroatoms. The Hall–Kier alpha value is -3.61. The van der Waals surface area contributed by atoms with Gasteiger partial charge in [-0.3, -0.25) is 4.79 Å². The first-order valence-electron chi connectivity index (χ1n) is 38.3. The Bertz CT molecular complexity index is 2060. The van der Waals surface area contributed by atoms with Gasteiger partial charge in [-0.15, -0.1) is 0 Å². The highest BCUT2D eigenvalue weighted by atomic mass is 16.7. The van der Waals surface area contributed by atoms with Gasteiger partial charge in [0.1, 0.15) is 48.8 Å². The first-order valence-corrected chi connectivity index (χ1v) is 38.3. The van der Waals surface area contributed by atoms with E-state index in [0.29, 0.717) is 6.42 Å². The molecule has 2 rings (SSSR count). The molecule has 0 bridgehead atoms. The summed E-state index contributed by atoms with van der Waals surface area (Å²) >= 11 is 0. The van der Waals surface area contributed by atoms with Crippen LogP contribution in [0.1, 0.15) is 290 Å². The standard InChI is InChI=1S/C81H139NO13/c1-3-5-7-9-11-13-15-17-19-21-23-25-27-29-31-33-34-35-36-37-39-41-43-45-47-49-51-53-55-57-59-61-63-65-73(86)82-69(68-92-80-78(91)76(89)79(72(67-84)94-80)95-81-77(90)75(88)74(87)71(66-83)93-81)70(85)64-62-60-58-56-54-52-50-48-46-44-42-40-38-32-30-28-26-24-22-20-18-16-14-12-10-8-6-4-2/h5,7,11,13,17,19,23,25,29,31,34-35,37,39,43,45,49,51,62,64,69-72,74-81,83-85,87-91H,3-4,6,8-10,12,14-16,18,20-22,24,26-28,30,32-33,36,38,40-42,44,46-48,50,52-61,63,65-68H2,1-2H3,(H,82,86)/b7-5-,13-11-,19-17-,25-23-,31-29-,35-34-,39-37-,45-43-,51-49-,64-62+. The molecule has 0 aromatic heterocycles. The van der Waals surface area contributed by atoms with Gasteiger partial charge in [0.15, 0.2) is 12.6 Å². The lowest BCUT2D eigenvalue weighted by Gasteiger charge is -2.46. The molecule has 0 saturated carbocycles. The molecule has 2 aliphatic heterocycles. The molecule has 0 spiro atoms. The van der Waals surface area contributed by atoms with Gasteiger partial charge in [-0.25, -0.2) is 0 Å². The number of amides is 1. The maximum absolute atomic E-state index is 13.4. The third-order valence-corrected chi connectivity index (χ3v) is 17.9. The minimum Gasteiger partial charge on any atom is -0.394 e. The Morgan fingerprint density at radius 2 is 0.726 bits per heavy atom. The van der Waals surface area contributed by atoms with Crippen molar-refractivity contribution in [2.75, 3.05) is 19.8 Å². The van der Waals surface area contributed by atoms with Gasteiger partial charge >= 0.3 is 0 Å². The minimum absolute atomic E-state index is 0.251. The number of hydrogen-bond acceptors (Lipinski definition) is 13. The number of carbonyl (C=O) groups is 1. The topological polar surface area (TPSA) is 228 Å². The highest BCUT2D eigenvalue weighted by Crippen LogP contribution is 2.30. The second kappa shape index (κ2) is 63.8. The molecule has 0 aromatic carbocycles. The third-order valence-electron chi connectivity index (χ3n) is 17.9. The summed E-state index contributed by atoms with van der Waals surface area (Å²) in [6.45, 7) is 2.70. The molecular weight excluding hydrogens is 1190 g/mol. The van der Waals surface area contributed by atoms with Crippen LogP contribution in [0.2, 0.25) is 0 Å². The first-order chi connectivity index (χ1) is 46.6. The lowest BCUT2D eigenvalue weighted by molar-refractivity contribution is -0.359. The fourth-order valence-electron chi connectivity index (χ4n) is 11.9. The van der Waals surface area contributed by atoms with Crippen molar-refractivity contribution in [3.63, 3.8) is 0 Å². The number of rotatable bonds is 62. The largest absolute Gasteiger partial charge is 0.394 e. The van der Waals surface area contributed by atoms with Crippen LogP contribution in [-0.2, 0) is 23.7 Å². The van der Waals surface area contributed by atoms with E-state index in [1.165, 1.54) is 154 Å². The fraction of sp³-hybridized carbons (Fsp3) is 0.741. The van der Waals surface area contributed by atoms with Gasteiger partial charge in [-0.1, -0.05) is 315 Å². The van der Waals surface area contributed by atoms with Crippen molar-refractivity contribution in [1.82, 2.24) is 5.32 Å². The summed E-state index contributed by atoms with van der Waals surface area (Å²) in [5.74, 6) is -0.260. The number of ether oxygens (including phenoxy) is 4. The van der Waals surface area contributed by atoms with Gasteiger partial charge in [0.05, 0.1) is 32.0 Å². The zero-order valence-electron chi connectivity index (χ0n) is 59.6. The Morgan fingerprint density at radius 1 is 0.389 bits per heavy atom. The van der Waals surface area contributed by atoms with Crippen LogP contribution < -0.4 is 5.32 Å². The normalized spacial score (nSPS) is 23.1. The van der Waals surface area contributed by atoms with Crippen molar-refractivity contribution in [2.24, 2.45) is 0 Å². The summed E-state index contributed by atoms with van der Waals surface area (Å²) in [6.07, 6.45) is 76.8. The SMILES string of the molecule is CC/C=C\C/C=C\C/C=C\C/C=C\C/C=C\C/C=C\C/C=C\C/C=C\C/C=C\CCCCCCCC(=O)NC(COC1OC(CO)C(OC2OC(CO)C(O)C(O)C2O)C(O)C1O)C(O)/C=C/CCCCCCCCCCCCCCCCCCCCCCCCCCCC. The monoisotopic (exact) mass is 1330 g/mol. The molecule has 0 radical (unpaired) electrons. The number of aliphatic hydroxyl groups is 8. The fourth-order valence-corrected chi connectivity index (χ4v) is 11.9. The van der Waals surface area contributed by atoms with Crippen molar-refractivity contribution in [3.8, 4) is 0 Å². The Kier molecular flexibility index (Phi) is 58.8. The van der Waals surface area contributed by atoms with Crippen molar-refractivity contribution >= 4 is 5.91 Å². The van der Waals surface area contributed by atoms with Crippen LogP contribution in [0.25, 0.3) is 0 Å². The second-order valence-corrected chi connectivity index (χ2v) is 26.4. The molecule has 2 saturated heterocycles. The zero-order chi connectivity index (χ0) is 68.7. The Labute approximate surface area is 578 Å². The minimum atomic E-state index is -1.80. The van der Waals surface area contributed by atoms with Crippen molar-refractivity contribution in [1.29, 1.82) is 0 Å². The molecule has 2 fully saturated rings. The lowest BCUT2D eigenvalue weighted by Crippen LogP contribution is -2.65.